The van der Waals surface area contributed by atoms with E-state index in [2.05, 4.69) is 34.5 Å². The molecular formula is C32H44N2O2. The number of piperidine rings is 1. The first-order valence-corrected chi connectivity index (χ1v) is 15.2. The van der Waals surface area contributed by atoms with E-state index in [0.717, 1.165) is 29.4 Å². The molecular weight excluding hydrogens is 444 g/mol. The van der Waals surface area contributed by atoms with Gasteiger partial charge in [-0.1, -0.05) is 18.6 Å². The van der Waals surface area contributed by atoms with Gasteiger partial charge in [-0.2, -0.15) is 0 Å². The molecule has 1 N–H and O–H groups in total. The normalized spacial score (nSPS) is 38.4. The van der Waals surface area contributed by atoms with Gasteiger partial charge in [0.15, 0.2) is 0 Å². The number of amides is 1. The van der Waals surface area contributed by atoms with Crippen molar-refractivity contribution in [3.8, 4) is 11.3 Å². The van der Waals surface area contributed by atoms with Gasteiger partial charge < -0.3 is 9.73 Å². The summed E-state index contributed by atoms with van der Waals surface area (Å²) in [6.07, 6.45) is 19.9. The van der Waals surface area contributed by atoms with Crippen molar-refractivity contribution >= 4 is 5.91 Å². The van der Waals surface area contributed by atoms with Gasteiger partial charge in [0.1, 0.15) is 5.76 Å². The molecule has 0 aromatic heterocycles. The van der Waals surface area contributed by atoms with Crippen molar-refractivity contribution in [2.24, 2.45) is 29.1 Å². The van der Waals surface area contributed by atoms with Crippen LogP contribution >= 0.6 is 0 Å². The molecule has 0 aromatic rings. The van der Waals surface area contributed by atoms with E-state index in [1.807, 2.05) is 6.26 Å². The smallest absolute Gasteiger partial charge is 0.226 e. The molecule has 1 amide bonds. The molecule has 6 fully saturated rings. The Hall–Kier alpha value is -1.81. The highest BCUT2D eigenvalue weighted by Crippen LogP contribution is 2.60. The Morgan fingerprint density at radius 1 is 0.972 bits per heavy atom. The Labute approximate surface area is 216 Å². The molecule has 194 valence electrons. The second-order valence-corrected chi connectivity index (χ2v) is 13.5. The van der Waals surface area contributed by atoms with Crippen LogP contribution in [0.15, 0.2) is 34.9 Å². The number of nitrogens with zero attached hydrogens (tertiary/aromatic N) is 1. The van der Waals surface area contributed by atoms with Crippen molar-refractivity contribution in [3.05, 3.63) is 36.1 Å². The highest BCUT2D eigenvalue weighted by atomic mass is 16.3. The van der Waals surface area contributed by atoms with E-state index in [-0.39, 0.29) is 5.41 Å². The van der Waals surface area contributed by atoms with Gasteiger partial charge in [0.05, 0.1) is 6.26 Å². The van der Waals surface area contributed by atoms with E-state index >= 15 is 0 Å². The summed E-state index contributed by atoms with van der Waals surface area (Å²) >= 11 is 0. The third-order valence-electron chi connectivity index (χ3n) is 11.0. The van der Waals surface area contributed by atoms with Gasteiger partial charge in [0.25, 0.3) is 0 Å². The molecule has 0 aromatic carbocycles. The van der Waals surface area contributed by atoms with Crippen LogP contribution in [0.4, 0.5) is 0 Å². The van der Waals surface area contributed by atoms with Crippen molar-refractivity contribution in [3.63, 3.8) is 0 Å². The fraction of sp³-hybridized carbons (Fsp3) is 0.719. The Morgan fingerprint density at radius 3 is 2.47 bits per heavy atom. The first kappa shape index (κ1) is 23.3. The Kier molecular flexibility index (Phi) is 6.15. The number of likely N-dealkylation sites (tertiary alicyclic amines) is 1. The topological polar surface area (TPSA) is 45.5 Å². The Morgan fingerprint density at radius 2 is 1.72 bits per heavy atom. The minimum atomic E-state index is 0.00649. The van der Waals surface area contributed by atoms with Crippen molar-refractivity contribution in [1.82, 2.24) is 10.2 Å². The van der Waals surface area contributed by atoms with E-state index in [1.165, 1.54) is 114 Å². The summed E-state index contributed by atoms with van der Waals surface area (Å²) < 4.78 is 5.94. The first-order valence-electron chi connectivity index (χ1n) is 15.2. The first-order chi connectivity index (χ1) is 17.6. The van der Waals surface area contributed by atoms with Gasteiger partial charge in [-0.25, -0.2) is 0 Å². The lowest BCUT2D eigenvalue weighted by molar-refractivity contribution is -0.147. The molecule has 8 rings (SSSR count). The van der Waals surface area contributed by atoms with Crippen LogP contribution in [-0.4, -0.2) is 29.9 Å². The van der Waals surface area contributed by atoms with E-state index < -0.39 is 0 Å². The van der Waals surface area contributed by atoms with Crippen molar-refractivity contribution in [2.75, 3.05) is 13.1 Å². The maximum absolute atomic E-state index is 13.5. The third kappa shape index (κ3) is 4.42. The van der Waals surface area contributed by atoms with Gasteiger partial charge in [-0.05, 0) is 132 Å². The summed E-state index contributed by atoms with van der Waals surface area (Å²) in [7, 11) is 0. The molecule has 1 saturated heterocycles. The Bertz CT molecular complexity index is 999. The van der Waals surface area contributed by atoms with Gasteiger partial charge in [-0.3, -0.25) is 9.69 Å². The Balaban J connectivity index is 0.911. The van der Waals surface area contributed by atoms with Crippen molar-refractivity contribution in [2.45, 2.75) is 102 Å². The molecule has 1 atom stereocenters. The number of rotatable bonds is 6. The number of fused-ring (bicyclic) bond motifs is 1. The fourth-order valence-corrected chi connectivity index (χ4v) is 9.47. The van der Waals surface area contributed by atoms with Gasteiger partial charge in [0.2, 0.25) is 5.91 Å². The van der Waals surface area contributed by atoms with Crippen LogP contribution in [0.1, 0.15) is 101 Å². The number of carbonyl (C=O) groups is 1. The van der Waals surface area contributed by atoms with E-state index in [9.17, 15) is 4.79 Å². The second-order valence-electron chi connectivity index (χ2n) is 13.5. The van der Waals surface area contributed by atoms with E-state index in [4.69, 9.17) is 4.42 Å². The summed E-state index contributed by atoms with van der Waals surface area (Å²) in [5.74, 6) is 4.77. The lowest BCUT2D eigenvalue weighted by Gasteiger charge is -2.56. The largest absolute Gasteiger partial charge is 0.464 e. The summed E-state index contributed by atoms with van der Waals surface area (Å²) in [5, 5.41) is 3.58. The maximum atomic E-state index is 13.5. The predicted octanol–water partition coefficient (Wildman–Crippen LogP) is 7.19. The number of carbonyl (C=O) groups excluding carboxylic acids is 1. The van der Waals surface area contributed by atoms with Crippen LogP contribution in [0.2, 0.25) is 0 Å². The highest BCUT2D eigenvalue weighted by molar-refractivity contribution is 5.83. The molecule has 2 heterocycles. The van der Waals surface area contributed by atoms with Gasteiger partial charge in [-0.15, -0.1) is 0 Å². The third-order valence-corrected chi connectivity index (χ3v) is 11.0. The zero-order chi connectivity index (χ0) is 24.1. The molecule has 4 bridgehead atoms. The molecule has 8 aliphatic rings. The van der Waals surface area contributed by atoms with Crippen LogP contribution < -0.4 is 5.32 Å². The van der Waals surface area contributed by atoms with Gasteiger partial charge in [0, 0.05) is 28.6 Å². The zero-order valence-corrected chi connectivity index (χ0v) is 21.9. The molecule has 0 spiro atoms. The lowest BCUT2D eigenvalue weighted by atomic mass is 9.49. The molecule has 6 aliphatic carbocycles. The zero-order valence-electron chi connectivity index (χ0n) is 21.9. The predicted molar refractivity (Wildman–Crippen MR) is 143 cm³/mol. The standard InChI is InChI=1S/C32H44N2O2/c35-31(32-18-23-14-24(19-32)16-25(15-23)20-32)33-28-9-7-22(8-10-28)11-13-34-12-2-1-5-29(34)27-17-26-4-3-6-30(26)36-21-27/h3-4,6,17,21-25,28-29H,1-2,5,7-16,18-20H2,(H,33,35). The van der Waals surface area contributed by atoms with E-state index in [0.29, 0.717) is 18.0 Å². The maximum Gasteiger partial charge on any atom is 0.226 e. The summed E-state index contributed by atoms with van der Waals surface area (Å²) in [6, 6.07) is 9.56. The van der Waals surface area contributed by atoms with Crippen molar-refractivity contribution < 1.29 is 9.21 Å². The van der Waals surface area contributed by atoms with Crippen molar-refractivity contribution in [1.29, 1.82) is 0 Å². The fourth-order valence-electron chi connectivity index (χ4n) is 9.47. The molecule has 2 aliphatic heterocycles. The van der Waals surface area contributed by atoms with Crippen LogP contribution in [0.5, 0.6) is 0 Å². The summed E-state index contributed by atoms with van der Waals surface area (Å²) in [4.78, 5) is 16.2. The number of nitrogens with one attached hydrogen (secondary N) is 1. The van der Waals surface area contributed by atoms with Crippen LogP contribution in [0.25, 0.3) is 11.3 Å². The molecule has 4 heteroatoms. The summed E-state index contributed by atoms with van der Waals surface area (Å²) in [6.45, 7) is 2.40. The minimum absolute atomic E-state index is 0.00649. The molecule has 1 unspecified atom stereocenters. The van der Waals surface area contributed by atoms with Crippen LogP contribution in [-0.2, 0) is 4.79 Å². The average Bonchev–Trinajstić information content (AvgIpc) is 3.36. The molecule has 0 radical (unpaired) electrons. The lowest BCUT2D eigenvalue weighted by Crippen LogP contribution is -2.55. The van der Waals surface area contributed by atoms with Crippen LogP contribution in [0.3, 0.4) is 0 Å². The SMILES string of the molecule is O=C(NC1CCC(CCN2CCCCC2c2coc3cccc-3c2)CC1)C12CC3CC(CC(C3)C1)C2. The van der Waals surface area contributed by atoms with E-state index in [1.54, 1.807) is 0 Å². The minimum Gasteiger partial charge on any atom is -0.464 e. The average molecular weight is 489 g/mol. The number of hydrogen-bond acceptors (Lipinski definition) is 3. The molecule has 36 heavy (non-hydrogen) atoms. The quantitative estimate of drug-likeness (QED) is 0.468. The van der Waals surface area contributed by atoms with Crippen LogP contribution in [0, 0.1) is 29.1 Å². The molecule has 4 nitrogen and oxygen atoms in total. The molecule has 5 saturated carbocycles. The summed E-state index contributed by atoms with van der Waals surface area (Å²) in [5.41, 5.74) is 2.59. The highest BCUT2D eigenvalue weighted by Gasteiger charge is 2.54. The monoisotopic (exact) mass is 488 g/mol. The van der Waals surface area contributed by atoms with Gasteiger partial charge >= 0.3 is 0 Å². The second kappa shape index (κ2) is 9.49. The number of hydrogen-bond donors (Lipinski definition) is 1.